The molecule has 2 aliphatic rings. The van der Waals surface area contributed by atoms with E-state index in [0.29, 0.717) is 50.5 Å². The number of benzene rings is 1. The summed E-state index contributed by atoms with van der Waals surface area (Å²) in [5.41, 5.74) is 0. The second kappa shape index (κ2) is 6.88. The van der Waals surface area contributed by atoms with Crippen LogP contribution in [-0.2, 0) is 10.0 Å². The molecule has 0 radical (unpaired) electrons. The van der Waals surface area contributed by atoms with Crippen molar-refractivity contribution in [3.8, 4) is 5.75 Å². The van der Waals surface area contributed by atoms with Gasteiger partial charge in [-0.25, -0.2) is 8.42 Å². The molecular weight excluding hydrogens is 356 g/mol. The fourth-order valence-corrected chi connectivity index (χ4v) is 4.43. The van der Waals surface area contributed by atoms with Crippen molar-refractivity contribution in [3.05, 3.63) is 30.1 Å². The van der Waals surface area contributed by atoms with Crippen molar-refractivity contribution in [1.29, 1.82) is 0 Å². The minimum Gasteiger partial charge on any atom is -0.494 e. The van der Waals surface area contributed by atoms with Crippen molar-refractivity contribution >= 4 is 16.0 Å². The molecule has 140 valence electrons. The first-order valence-electron chi connectivity index (χ1n) is 8.89. The van der Waals surface area contributed by atoms with Gasteiger partial charge in [0.2, 0.25) is 10.0 Å². The molecule has 0 N–H and O–H groups in total. The van der Waals surface area contributed by atoms with Gasteiger partial charge in [0.25, 0.3) is 0 Å². The van der Waals surface area contributed by atoms with Crippen molar-refractivity contribution in [2.45, 2.75) is 30.6 Å². The molecule has 4 rings (SSSR count). The van der Waals surface area contributed by atoms with Gasteiger partial charge in [0.1, 0.15) is 5.75 Å². The molecule has 1 aliphatic carbocycles. The second-order valence-corrected chi connectivity index (χ2v) is 8.44. The largest absolute Gasteiger partial charge is 0.494 e. The maximum Gasteiger partial charge on any atom is 0.324 e. The molecule has 0 unspecified atom stereocenters. The van der Waals surface area contributed by atoms with Crippen LogP contribution >= 0.6 is 0 Å². The Hall–Kier alpha value is -2.13. The molecule has 0 atom stereocenters. The Morgan fingerprint density at radius 3 is 2.46 bits per heavy atom. The van der Waals surface area contributed by atoms with E-state index in [2.05, 4.69) is 10.1 Å². The maximum absolute atomic E-state index is 12.8. The lowest BCUT2D eigenvalue weighted by Gasteiger charge is -2.32. The van der Waals surface area contributed by atoms with Crippen LogP contribution in [0.2, 0.25) is 0 Å². The summed E-state index contributed by atoms with van der Waals surface area (Å²) >= 11 is 0. The minimum atomic E-state index is -3.51. The van der Waals surface area contributed by atoms with E-state index < -0.39 is 10.0 Å². The monoisotopic (exact) mass is 378 g/mol. The number of aromatic nitrogens is 2. The average Bonchev–Trinajstić information content (AvgIpc) is 3.39. The number of hydrogen-bond acceptors (Lipinski definition) is 7. The van der Waals surface area contributed by atoms with Crippen LogP contribution in [0.3, 0.4) is 0 Å². The average molecular weight is 378 g/mol. The van der Waals surface area contributed by atoms with Crippen LogP contribution in [0.1, 0.15) is 31.5 Å². The van der Waals surface area contributed by atoms with Crippen molar-refractivity contribution in [1.82, 2.24) is 14.4 Å². The van der Waals surface area contributed by atoms with Crippen LogP contribution in [0.4, 0.5) is 6.01 Å². The van der Waals surface area contributed by atoms with Crippen molar-refractivity contribution in [2.24, 2.45) is 0 Å². The van der Waals surface area contributed by atoms with Crippen molar-refractivity contribution < 1.29 is 17.7 Å². The fourth-order valence-electron chi connectivity index (χ4n) is 3.01. The molecule has 1 aromatic heterocycles. The SMILES string of the molecule is CCOc1ccc(S(=O)(=O)N2CCN(c3nc(C4CC4)no3)CC2)cc1. The molecule has 0 spiro atoms. The van der Waals surface area contributed by atoms with Crippen LogP contribution < -0.4 is 9.64 Å². The van der Waals surface area contributed by atoms with E-state index in [4.69, 9.17) is 9.26 Å². The molecule has 2 aromatic rings. The number of piperazine rings is 1. The highest BCUT2D eigenvalue weighted by Gasteiger charge is 2.32. The summed E-state index contributed by atoms with van der Waals surface area (Å²) in [5, 5.41) is 4.02. The first-order valence-corrected chi connectivity index (χ1v) is 10.3. The zero-order valence-corrected chi connectivity index (χ0v) is 15.5. The molecule has 9 heteroatoms. The van der Waals surface area contributed by atoms with Crippen molar-refractivity contribution in [2.75, 3.05) is 37.7 Å². The Bertz CT molecular complexity index is 853. The molecule has 1 aliphatic heterocycles. The summed E-state index contributed by atoms with van der Waals surface area (Å²) < 4.78 is 37.8. The van der Waals surface area contributed by atoms with Gasteiger partial charge in [0, 0.05) is 32.1 Å². The van der Waals surface area contributed by atoms with Gasteiger partial charge in [-0.15, -0.1) is 0 Å². The lowest BCUT2D eigenvalue weighted by molar-refractivity contribution is 0.339. The molecule has 0 amide bonds. The zero-order valence-electron chi connectivity index (χ0n) is 14.7. The van der Waals surface area contributed by atoms with E-state index >= 15 is 0 Å². The van der Waals surface area contributed by atoms with Crippen LogP contribution in [0.5, 0.6) is 5.75 Å². The van der Waals surface area contributed by atoms with Crippen LogP contribution in [0, 0.1) is 0 Å². The van der Waals surface area contributed by atoms with Gasteiger partial charge in [-0.2, -0.15) is 9.29 Å². The molecule has 1 saturated carbocycles. The molecule has 2 fully saturated rings. The van der Waals surface area contributed by atoms with E-state index in [1.54, 1.807) is 24.3 Å². The Morgan fingerprint density at radius 1 is 1.15 bits per heavy atom. The van der Waals surface area contributed by atoms with E-state index in [0.717, 1.165) is 18.7 Å². The summed E-state index contributed by atoms with van der Waals surface area (Å²) in [7, 11) is -3.51. The van der Waals surface area contributed by atoms with Gasteiger partial charge in [-0.05, 0) is 44.0 Å². The summed E-state index contributed by atoms with van der Waals surface area (Å²) in [5.74, 6) is 1.87. The van der Waals surface area contributed by atoms with Gasteiger partial charge in [-0.1, -0.05) is 5.16 Å². The summed E-state index contributed by atoms with van der Waals surface area (Å²) in [6, 6.07) is 7.04. The molecule has 26 heavy (non-hydrogen) atoms. The van der Waals surface area contributed by atoms with E-state index in [1.165, 1.54) is 4.31 Å². The zero-order chi connectivity index (χ0) is 18.1. The Kier molecular flexibility index (Phi) is 4.58. The first-order chi connectivity index (χ1) is 12.6. The van der Waals surface area contributed by atoms with Gasteiger partial charge in [0.05, 0.1) is 11.5 Å². The minimum absolute atomic E-state index is 0.281. The lowest BCUT2D eigenvalue weighted by atomic mass is 10.3. The molecular formula is C17H22N4O4S. The summed E-state index contributed by atoms with van der Waals surface area (Å²) in [6.45, 7) is 4.27. The maximum atomic E-state index is 12.8. The number of rotatable bonds is 6. The fraction of sp³-hybridized carbons (Fsp3) is 0.529. The summed E-state index contributed by atoms with van der Waals surface area (Å²) in [4.78, 5) is 6.66. The second-order valence-electron chi connectivity index (χ2n) is 6.50. The van der Waals surface area contributed by atoms with Gasteiger partial charge in [-0.3, -0.25) is 0 Å². The van der Waals surface area contributed by atoms with E-state index in [-0.39, 0.29) is 4.90 Å². The summed E-state index contributed by atoms with van der Waals surface area (Å²) in [6.07, 6.45) is 2.24. The smallest absolute Gasteiger partial charge is 0.324 e. The predicted octanol–water partition coefficient (Wildman–Crippen LogP) is 1.86. The number of ether oxygens (including phenoxy) is 1. The van der Waals surface area contributed by atoms with Crippen LogP contribution in [0.25, 0.3) is 0 Å². The van der Waals surface area contributed by atoms with Gasteiger partial charge < -0.3 is 14.2 Å². The van der Waals surface area contributed by atoms with E-state index in [1.807, 2.05) is 11.8 Å². The normalized spacial score (nSPS) is 18.9. The highest BCUT2D eigenvalue weighted by molar-refractivity contribution is 7.89. The topological polar surface area (TPSA) is 88.8 Å². The highest BCUT2D eigenvalue weighted by atomic mass is 32.2. The Labute approximate surface area is 152 Å². The van der Waals surface area contributed by atoms with Crippen molar-refractivity contribution in [3.63, 3.8) is 0 Å². The van der Waals surface area contributed by atoms with Crippen LogP contribution in [0.15, 0.2) is 33.7 Å². The first kappa shape index (κ1) is 17.3. The number of anilines is 1. The lowest BCUT2D eigenvalue weighted by Crippen LogP contribution is -2.48. The molecule has 2 heterocycles. The number of nitrogens with zero attached hydrogens (tertiary/aromatic N) is 4. The van der Waals surface area contributed by atoms with Gasteiger partial charge >= 0.3 is 6.01 Å². The number of hydrogen-bond donors (Lipinski definition) is 0. The van der Waals surface area contributed by atoms with Gasteiger partial charge in [0.15, 0.2) is 5.82 Å². The molecule has 0 bridgehead atoms. The number of sulfonamides is 1. The van der Waals surface area contributed by atoms with Crippen LogP contribution in [-0.4, -0.2) is 55.6 Å². The molecule has 1 saturated heterocycles. The standard InChI is InChI=1S/C17H22N4O4S/c1-2-24-14-5-7-15(8-6-14)26(22,23)21-11-9-20(10-12-21)17-18-16(19-25-17)13-3-4-13/h5-8,13H,2-4,9-12H2,1H3. The Morgan fingerprint density at radius 2 is 1.85 bits per heavy atom. The molecule has 8 nitrogen and oxygen atoms in total. The van der Waals surface area contributed by atoms with E-state index in [9.17, 15) is 8.42 Å². The third-order valence-corrected chi connectivity index (χ3v) is 6.57. The highest BCUT2D eigenvalue weighted by Crippen LogP contribution is 2.38. The predicted molar refractivity (Wildman–Crippen MR) is 94.9 cm³/mol. The third kappa shape index (κ3) is 3.41. The molecule has 1 aromatic carbocycles. The third-order valence-electron chi connectivity index (χ3n) is 4.66. The quantitative estimate of drug-likeness (QED) is 0.758. The Balaban J connectivity index is 1.41.